The Morgan fingerprint density at radius 1 is 1.21 bits per heavy atom. The van der Waals surface area contributed by atoms with Gasteiger partial charge in [-0.2, -0.15) is 0 Å². The zero-order chi connectivity index (χ0) is 19.7. The normalized spacial score (nSPS) is 17.7. The summed E-state index contributed by atoms with van der Waals surface area (Å²) >= 11 is 0. The minimum atomic E-state index is -0.501. The summed E-state index contributed by atoms with van der Waals surface area (Å²) in [6, 6.07) is 10.5. The fraction of sp³-hybridized carbons (Fsp3) is 0.333. The predicted molar refractivity (Wildman–Crippen MR) is 102 cm³/mol. The average molecular weight is 382 g/mol. The maximum atomic E-state index is 12.9. The Bertz CT molecular complexity index is 927. The van der Waals surface area contributed by atoms with Gasteiger partial charge in [0.1, 0.15) is 11.8 Å². The fourth-order valence-electron chi connectivity index (χ4n) is 3.56. The van der Waals surface area contributed by atoms with Gasteiger partial charge >= 0.3 is 0 Å². The second-order valence-electron chi connectivity index (χ2n) is 6.93. The van der Waals surface area contributed by atoms with Gasteiger partial charge in [-0.05, 0) is 54.8 Å². The summed E-state index contributed by atoms with van der Waals surface area (Å²) in [7, 11) is 1.60. The van der Waals surface area contributed by atoms with E-state index in [1.807, 2.05) is 37.3 Å². The molecule has 2 aromatic carbocycles. The first kappa shape index (κ1) is 18.2. The second-order valence-corrected chi connectivity index (χ2v) is 6.93. The molecule has 2 heterocycles. The first-order valence-electron chi connectivity index (χ1n) is 9.18. The Kier molecular flexibility index (Phi) is 4.81. The molecule has 1 atom stereocenters. The van der Waals surface area contributed by atoms with Gasteiger partial charge in [0.2, 0.25) is 18.6 Å². The standard InChI is InChI=1S/C21H22N2O5/c1-13-9-15(26-2)4-5-16(13)22-21(25)17-6-8-20(24)23(17)11-14-3-7-18-19(10-14)28-12-27-18/h3-5,7,9-10,17H,6,8,11-12H2,1-2H3,(H,22,25). The van der Waals surface area contributed by atoms with E-state index in [4.69, 9.17) is 14.2 Å². The molecule has 1 fully saturated rings. The zero-order valence-corrected chi connectivity index (χ0v) is 15.9. The van der Waals surface area contributed by atoms with Crippen LogP contribution in [0.5, 0.6) is 17.2 Å². The number of aryl methyl sites for hydroxylation is 1. The van der Waals surface area contributed by atoms with Crippen molar-refractivity contribution in [2.45, 2.75) is 32.4 Å². The molecule has 7 heteroatoms. The number of rotatable bonds is 5. The number of fused-ring (bicyclic) bond motifs is 1. The third kappa shape index (κ3) is 3.47. The van der Waals surface area contributed by atoms with Crippen molar-refractivity contribution >= 4 is 17.5 Å². The molecule has 0 spiro atoms. The van der Waals surface area contributed by atoms with Gasteiger partial charge in [0, 0.05) is 18.7 Å². The third-order valence-corrected chi connectivity index (χ3v) is 5.11. The van der Waals surface area contributed by atoms with Crippen LogP contribution in [0.1, 0.15) is 24.0 Å². The molecule has 146 valence electrons. The SMILES string of the molecule is COc1ccc(NC(=O)C2CCC(=O)N2Cc2ccc3c(c2)OCO3)c(C)c1. The quantitative estimate of drug-likeness (QED) is 0.861. The lowest BCUT2D eigenvalue weighted by atomic mass is 10.1. The highest BCUT2D eigenvalue weighted by Crippen LogP contribution is 2.34. The lowest BCUT2D eigenvalue weighted by molar-refractivity contribution is -0.133. The van der Waals surface area contributed by atoms with E-state index in [9.17, 15) is 9.59 Å². The van der Waals surface area contributed by atoms with Crippen LogP contribution in [-0.2, 0) is 16.1 Å². The van der Waals surface area contributed by atoms with E-state index in [1.54, 1.807) is 18.1 Å². The number of ether oxygens (including phenoxy) is 3. The number of methoxy groups -OCH3 is 1. The maximum absolute atomic E-state index is 12.9. The van der Waals surface area contributed by atoms with Gasteiger partial charge in [0.25, 0.3) is 0 Å². The van der Waals surface area contributed by atoms with Gasteiger partial charge in [-0.25, -0.2) is 0 Å². The monoisotopic (exact) mass is 382 g/mol. The number of benzene rings is 2. The Morgan fingerprint density at radius 2 is 2.04 bits per heavy atom. The van der Waals surface area contributed by atoms with E-state index in [2.05, 4.69) is 5.32 Å². The van der Waals surface area contributed by atoms with Gasteiger partial charge < -0.3 is 24.4 Å². The van der Waals surface area contributed by atoms with Crippen molar-refractivity contribution in [2.24, 2.45) is 0 Å². The zero-order valence-electron chi connectivity index (χ0n) is 15.9. The number of carbonyl (C=O) groups is 2. The van der Waals surface area contributed by atoms with Crippen LogP contribution in [0.3, 0.4) is 0 Å². The number of carbonyl (C=O) groups excluding carboxylic acids is 2. The first-order valence-corrected chi connectivity index (χ1v) is 9.18. The van der Waals surface area contributed by atoms with E-state index in [0.29, 0.717) is 36.6 Å². The number of nitrogens with one attached hydrogen (secondary N) is 1. The van der Waals surface area contributed by atoms with Crippen molar-refractivity contribution in [3.05, 3.63) is 47.5 Å². The van der Waals surface area contributed by atoms with E-state index in [-0.39, 0.29) is 18.6 Å². The summed E-state index contributed by atoms with van der Waals surface area (Å²) in [6.07, 6.45) is 0.870. The Balaban J connectivity index is 1.48. The van der Waals surface area contributed by atoms with Crippen molar-refractivity contribution in [3.8, 4) is 17.2 Å². The van der Waals surface area contributed by atoms with Crippen LogP contribution in [-0.4, -0.2) is 36.7 Å². The molecular formula is C21H22N2O5. The second kappa shape index (κ2) is 7.42. The molecule has 2 aliphatic heterocycles. The molecule has 1 N–H and O–H groups in total. The molecule has 4 rings (SSSR count). The number of likely N-dealkylation sites (tertiary alicyclic amines) is 1. The van der Waals surface area contributed by atoms with Gasteiger partial charge in [-0.15, -0.1) is 0 Å². The van der Waals surface area contributed by atoms with Crippen LogP contribution in [0.2, 0.25) is 0 Å². The molecule has 7 nitrogen and oxygen atoms in total. The lowest BCUT2D eigenvalue weighted by Crippen LogP contribution is -2.41. The molecular weight excluding hydrogens is 360 g/mol. The molecule has 2 aliphatic rings. The van der Waals surface area contributed by atoms with E-state index in [1.165, 1.54) is 0 Å². The Morgan fingerprint density at radius 3 is 2.82 bits per heavy atom. The van der Waals surface area contributed by atoms with Crippen molar-refractivity contribution in [3.63, 3.8) is 0 Å². The number of amides is 2. The van der Waals surface area contributed by atoms with Gasteiger partial charge in [0.05, 0.1) is 7.11 Å². The smallest absolute Gasteiger partial charge is 0.247 e. The van der Waals surface area contributed by atoms with Crippen molar-refractivity contribution < 1.29 is 23.8 Å². The van der Waals surface area contributed by atoms with Crippen LogP contribution < -0.4 is 19.5 Å². The summed E-state index contributed by atoms with van der Waals surface area (Å²) in [6.45, 7) is 2.46. The van der Waals surface area contributed by atoms with E-state index >= 15 is 0 Å². The summed E-state index contributed by atoms with van der Waals surface area (Å²) in [5.74, 6) is 1.89. The van der Waals surface area contributed by atoms with Gasteiger partial charge in [-0.3, -0.25) is 9.59 Å². The number of hydrogen-bond donors (Lipinski definition) is 1. The molecule has 28 heavy (non-hydrogen) atoms. The van der Waals surface area contributed by atoms with Crippen molar-refractivity contribution in [1.82, 2.24) is 4.90 Å². The highest BCUT2D eigenvalue weighted by Gasteiger charge is 2.36. The topological polar surface area (TPSA) is 77.1 Å². The number of hydrogen-bond acceptors (Lipinski definition) is 5. The number of nitrogens with zero attached hydrogens (tertiary/aromatic N) is 1. The molecule has 1 unspecified atom stereocenters. The first-order chi connectivity index (χ1) is 13.5. The van der Waals surface area contributed by atoms with Crippen LogP contribution in [0.15, 0.2) is 36.4 Å². The van der Waals surface area contributed by atoms with Gasteiger partial charge in [0.15, 0.2) is 11.5 Å². The predicted octanol–water partition coefficient (Wildman–Crippen LogP) is 2.86. The Hall–Kier alpha value is -3.22. The minimum Gasteiger partial charge on any atom is -0.497 e. The summed E-state index contributed by atoms with van der Waals surface area (Å²) in [4.78, 5) is 26.9. The van der Waals surface area contributed by atoms with Crippen LogP contribution in [0.4, 0.5) is 5.69 Å². The highest BCUT2D eigenvalue weighted by atomic mass is 16.7. The lowest BCUT2D eigenvalue weighted by Gasteiger charge is -2.24. The molecule has 0 saturated carbocycles. The van der Waals surface area contributed by atoms with E-state index < -0.39 is 6.04 Å². The molecule has 0 radical (unpaired) electrons. The fourth-order valence-corrected chi connectivity index (χ4v) is 3.56. The highest BCUT2D eigenvalue weighted by molar-refractivity contribution is 5.99. The summed E-state index contributed by atoms with van der Waals surface area (Å²) in [5.41, 5.74) is 2.52. The molecule has 1 saturated heterocycles. The molecule has 2 amide bonds. The summed E-state index contributed by atoms with van der Waals surface area (Å²) < 4.78 is 15.9. The van der Waals surface area contributed by atoms with Crippen molar-refractivity contribution in [1.29, 1.82) is 0 Å². The van der Waals surface area contributed by atoms with Crippen LogP contribution in [0, 0.1) is 6.92 Å². The third-order valence-electron chi connectivity index (χ3n) is 5.11. The molecule has 0 bridgehead atoms. The van der Waals surface area contributed by atoms with Crippen LogP contribution in [0.25, 0.3) is 0 Å². The molecule has 0 aromatic heterocycles. The Labute approximate surface area is 163 Å². The molecule has 2 aromatic rings. The van der Waals surface area contributed by atoms with Crippen molar-refractivity contribution in [2.75, 3.05) is 19.2 Å². The largest absolute Gasteiger partial charge is 0.497 e. The van der Waals surface area contributed by atoms with E-state index in [0.717, 1.165) is 16.9 Å². The number of anilines is 1. The molecule has 0 aliphatic carbocycles. The summed E-state index contributed by atoms with van der Waals surface area (Å²) in [5, 5.41) is 2.95. The van der Waals surface area contributed by atoms with Gasteiger partial charge in [-0.1, -0.05) is 6.07 Å². The van der Waals surface area contributed by atoms with Crippen LogP contribution >= 0.6 is 0 Å². The minimum absolute atomic E-state index is 0.0238. The maximum Gasteiger partial charge on any atom is 0.247 e. The average Bonchev–Trinajstić information content (AvgIpc) is 3.30.